The van der Waals surface area contributed by atoms with E-state index in [1.54, 1.807) is 6.33 Å². The number of hydrogen-bond donors (Lipinski definition) is 2. The summed E-state index contributed by atoms with van der Waals surface area (Å²) in [6.45, 7) is 2.78. The van der Waals surface area contributed by atoms with Gasteiger partial charge in [0.05, 0.1) is 17.6 Å². The summed E-state index contributed by atoms with van der Waals surface area (Å²) in [7, 11) is 0. The number of benzene rings is 1. The van der Waals surface area contributed by atoms with Gasteiger partial charge in [0.15, 0.2) is 5.65 Å². The summed E-state index contributed by atoms with van der Waals surface area (Å²) in [5.41, 5.74) is 2.13. The fourth-order valence-electron chi connectivity index (χ4n) is 3.09. The molecule has 1 atom stereocenters. The molecule has 0 bridgehead atoms. The molecule has 0 amide bonds. The molecule has 1 saturated heterocycles. The van der Waals surface area contributed by atoms with Crippen molar-refractivity contribution in [2.75, 3.05) is 18.4 Å². The maximum atomic E-state index is 4.57. The van der Waals surface area contributed by atoms with Crippen LogP contribution in [-0.4, -0.2) is 32.8 Å². The van der Waals surface area contributed by atoms with E-state index < -0.39 is 0 Å². The van der Waals surface area contributed by atoms with Crippen LogP contribution < -0.4 is 10.6 Å². The molecule has 1 aliphatic rings. The number of fused-ring (bicyclic) bond motifs is 1. The lowest BCUT2D eigenvalue weighted by Crippen LogP contribution is -2.32. The van der Waals surface area contributed by atoms with Crippen molar-refractivity contribution in [2.24, 2.45) is 0 Å². The first-order valence-corrected chi connectivity index (χ1v) is 8.08. The van der Waals surface area contributed by atoms with Crippen LogP contribution in [0, 0.1) is 0 Å². The first-order chi connectivity index (χ1) is 11.4. The number of anilines is 1. The standard InChI is InChI=1S/C17H20N6/c1-2-5-13(6-3-1)9-19-16-15-11-22-23(17(15)21-12-20-16)14-7-4-8-18-10-14/h1-3,5-6,11-12,14,18H,4,7-10H2,(H,19,20,21)/t14-/m1/s1. The third-order valence-electron chi connectivity index (χ3n) is 4.31. The summed E-state index contributed by atoms with van der Waals surface area (Å²) in [5.74, 6) is 0.842. The number of aromatic nitrogens is 4. The zero-order chi connectivity index (χ0) is 15.5. The van der Waals surface area contributed by atoms with Crippen LogP contribution in [0.3, 0.4) is 0 Å². The van der Waals surface area contributed by atoms with Gasteiger partial charge in [-0.15, -0.1) is 0 Å². The number of rotatable bonds is 4. The Labute approximate surface area is 135 Å². The minimum atomic E-state index is 0.373. The molecule has 0 aliphatic carbocycles. The van der Waals surface area contributed by atoms with Crippen LogP contribution in [0.2, 0.25) is 0 Å². The Morgan fingerprint density at radius 1 is 1.22 bits per heavy atom. The van der Waals surface area contributed by atoms with Crippen molar-refractivity contribution in [1.82, 2.24) is 25.1 Å². The third-order valence-corrected chi connectivity index (χ3v) is 4.31. The highest BCUT2D eigenvalue weighted by molar-refractivity contribution is 5.86. The van der Waals surface area contributed by atoms with E-state index in [2.05, 4.69) is 37.8 Å². The van der Waals surface area contributed by atoms with Crippen LogP contribution in [0.5, 0.6) is 0 Å². The molecular weight excluding hydrogens is 288 g/mol. The normalized spacial score (nSPS) is 18.2. The molecule has 0 spiro atoms. The molecule has 0 radical (unpaired) electrons. The van der Waals surface area contributed by atoms with Gasteiger partial charge >= 0.3 is 0 Å². The van der Waals surface area contributed by atoms with Gasteiger partial charge in [-0.2, -0.15) is 5.10 Å². The Balaban J connectivity index is 1.59. The van der Waals surface area contributed by atoms with Gasteiger partial charge in [-0.25, -0.2) is 14.6 Å². The van der Waals surface area contributed by atoms with Crippen LogP contribution in [0.1, 0.15) is 24.4 Å². The molecule has 2 N–H and O–H groups in total. The lowest BCUT2D eigenvalue weighted by Gasteiger charge is -2.23. The first kappa shape index (κ1) is 14.1. The van der Waals surface area contributed by atoms with E-state index in [4.69, 9.17) is 0 Å². The zero-order valence-corrected chi connectivity index (χ0v) is 12.9. The van der Waals surface area contributed by atoms with Crippen molar-refractivity contribution in [1.29, 1.82) is 0 Å². The Bertz CT molecular complexity index is 776. The minimum Gasteiger partial charge on any atom is -0.365 e. The monoisotopic (exact) mass is 308 g/mol. The van der Waals surface area contributed by atoms with E-state index in [1.807, 2.05) is 29.1 Å². The molecule has 2 aromatic heterocycles. The Kier molecular flexibility index (Phi) is 3.90. The van der Waals surface area contributed by atoms with E-state index in [9.17, 15) is 0 Å². The molecule has 0 unspecified atom stereocenters. The van der Waals surface area contributed by atoms with Crippen molar-refractivity contribution >= 4 is 16.9 Å². The summed E-state index contributed by atoms with van der Waals surface area (Å²) >= 11 is 0. The third kappa shape index (κ3) is 2.90. The van der Waals surface area contributed by atoms with Gasteiger partial charge in [0.2, 0.25) is 0 Å². The second-order valence-corrected chi connectivity index (χ2v) is 5.89. The van der Waals surface area contributed by atoms with Crippen molar-refractivity contribution in [2.45, 2.75) is 25.4 Å². The fourth-order valence-corrected chi connectivity index (χ4v) is 3.09. The second kappa shape index (κ2) is 6.34. The quantitative estimate of drug-likeness (QED) is 0.774. The lowest BCUT2D eigenvalue weighted by molar-refractivity contribution is 0.353. The van der Waals surface area contributed by atoms with Gasteiger partial charge in [-0.05, 0) is 24.9 Å². The molecule has 1 aromatic carbocycles. The Morgan fingerprint density at radius 3 is 2.96 bits per heavy atom. The minimum absolute atomic E-state index is 0.373. The fraction of sp³-hybridized carbons (Fsp3) is 0.353. The average molecular weight is 308 g/mol. The molecule has 3 aromatic rings. The molecule has 3 heterocycles. The molecule has 1 aliphatic heterocycles. The number of nitrogens with zero attached hydrogens (tertiary/aromatic N) is 4. The largest absolute Gasteiger partial charge is 0.365 e. The summed E-state index contributed by atoms with van der Waals surface area (Å²) < 4.78 is 2.04. The molecule has 23 heavy (non-hydrogen) atoms. The lowest BCUT2D eigenvalue weighted by atomic mass is 10.1. The SMILES string of the molecule is c1ccc(CNc2ncnc3c2cnn3[C@@H]2CCCNC2)cc1. The smallest absolute Gasteiger partial charge is 0.163 e. The van der Waals surface area contributed by atoms with Crippen LogP contribution in [-0.2, 0) is 6.54 Å². The highest BCUT2D eigenvalue weighted by Gasteiger charge is 2.19. The van der Waals surface area contributed by atoms with Crippen molar-refractivity contribution < 1.29 is 0 Å². The Hall–Kier alpha value is -2.47. The molecule has 6 nitrogen and oxygen atoms in total. The summed E-state index contributed by atoms with van der Waals surface area (Å²) in [6, 6.07) is 10.7. The molecule has 6 heteroatoms. The molecule has 0 saturated carbocycles. The van der Waals surface area contributed by atoms with Crippen LogP contribution >= 0.6 is 0 Å². The van der Waals surface area contributed by atoms with Crippen molar-refractivity contribution in [3.05, 3.63) is 48.4 Å². The summed E-state index contributed by atoms with van der Waals surface area (Å²) in [5, 5.41) is 12.4. The van der Waals surface area contributed by atoms with E-state index >= 15 is 0 Å². The maximum absolute atomic E-state index is 4.57. The maximum Gasteiger partial charge on any atom is 0.163 e. The van der Waals surface area contributed by atoms with Crippen LogP contribution in [0.15, 0.2) is 42.9 Å². The van der Waals surface area contributed by atoms with Crippen molar-refractivity contribution in [3.8, 4) is 0 Å². The Morgan fingerprint density at radius 2 is 2.13 bits per heavy atom. The van der Waals surface area contributed by atoms with Crippen molar-refractivity contribution in [3.63, 3.8) is 0 Å². The van der Waals surface area contributed by atoms with Gasteiger partial charge < -0.3 is 10.6 Å². The summed E-state index contributed by atoms with van der Waals surface area (Å²) in [6.07, 6.45) is 5.80. The van der Waals surface area contributed by atoms with Crippen LogP contribution in [0.25, 0.3) is 11.0 Å². The highest BCUT2D eigenvalue weighted by atomic mass is 15.3. The van der Waals surface area contributed by atoms with E-state index in [0.29, 0.717) is 6.04 Å². The molecule has 4 rings (SSSR count). The zero-order valence-electron chi connectivity index (χ0n) is 12.9. The highest BCUT2D eigenvalue weighted by Crippen LogP contribution is 2.24. The van der Waals surface area contributed by atoms with E-state index in [-0.39, 0.29) is 0 Å². The number of piperidine rings is 1. The predicted molar refractivity (Wildman–Crippen MR) is 90.2 cm³/mol. The van der Waals surface area contributed by atoms with Gasteiger partial charge in [0.25, 0.3) is 0 Å². The number of nitrogens with one attached hydrogen (secondary N) is 2. The molecular formula is C17H20N6. The molecule has 118 valence electrons. The van der Waals surface area contributed by atoms with Crippen LogP contribution in [0.4, 0.5) is 5.82 Å². The van der Waals surface area contributed by atoms with Gasteiger partial charge in [-0.1, -0.05) is 30.3 Å². The second-order valence-electron chi connectivity index (χ2n) is 5.89. The van der Waals surface area contributed by atoms with E-state index in [0.717, 1.165) is 42.9 Å². The predicted octanol–water partition coefficient (Wildman–Crippen LogP) is 2.36. The summed E-state index contributed by atoms with van der Waals surface area (Å²) in [4.78, 5) is 8.84. The topological polar surface area (TPSA) is 67.7 Å². The first-order valence-electron chi connectivity index (χ1n) is 8.08. The number of hydrogen-bond acceptors (Lipinski definition) is 5. The van der Waals surface area contributed by atoms with Gasteiger partial charge in [0.1, 0.15) is 12.1 Å². The molecule has 1 fully saturated rings. The van der Waals surface area contributed by atoms with E-state index in [1.165, 1.54) is 12.0 Å². The average Bonchev–Trinajstić information content (AvgIpc) is 3.06. The van der Waals surface area contributed by atoms with Gasteiger partial charge in [0, 0.05) is 13.1 Å². The van der Waals surface area contributed by atoms with Gasteiger partial charge in [-0.3, -0.25) is 0 Å².